The van der Waals surface area contributed by atoms with Gasteiger partial charge in [-0.15, -0.1) is 10.2 Å². The lowest BCUT2D eigenvalue weighted by Gasteiger charge is -1.97. The van der Waals surface area contributed by atoms with Gasteiger partial charge < -0.3 is 0 Å². The molecule has 1 radical (unpaired) electrons. The van der Waals surface area contributed by atoms with Crippen molar-refractivity contribution in [1.29, 1.82) is 0 Å². The molecule has 4 nitrogen and oxygen atoms in total. The highest BCUT2D eigenvalue weighted by Gasteiger charge is 1.94. The van der Waals surface area contributed by atoms with Crippen LogP contribution in [-0.2, 0) is 0 Å². The van der Waals surface area contributed by atoms with Crippen LogP contribution < -0.4 is 0 Å². The van der Waals surface area contributed by atoms with Gasteiger partial charge >= 0.3 is 0 Å². The smallest absolute Gasteiger partial charge is 0.162 e. The van der Waals surface area contributed by atoms with Crippen molar-refractivity contribution in [3.05, 3.63) is 13.3 Å². The third-order valence-corrected chi connectivity index (χ3v) is 0.759. The minimum Gasteiger partial charge on any atom is -0.162 e. The Kier molecular flexibility index (Phi) is 1.24. The number of hydrogen-bond acceptors (Lipinski definition) is 3. The fraction of sp³-hybridized carbons (Fsp3) is 0.500. The third-order valence-electron chi connectivity index (χ3n) is 0.759. The summed E-state index contributed by atoms with van der Waals surface area (Å²) in [6.07, 6.45) is 1.39. The van der Waals surface area contributed by atoms with E-state index in [0.29, 0.717) is 0 Å². The molecule has 0 aliphatic rings. The second kappa shape index (κ2) is 1.90. The highest BCUT2D eigenvalue weighted by Crippen LogP contribution is 1.92. The van der Waals surface area contributed by atoms with Crippen molar-refractivity contribution >= 4 is 0 Å². The second-order valence-electron chi connectivity index (χ2n) is 1.61. The zero-order valence-corrected chi connectivity index (χ0v) is 4.65. The Hall–Kier alpha value is -0.930. The molecule has 1 heterocycles. The summed E-state index contributed by atoms with van der Waals surface area (Å²) in [5, 5.41) is 10.9. The van der Waals surface area contributed by atoms with E-state index in [1.54, 1.807) is 0 Å². The molecule has 43 valence electrons. The fourth-order valence-electron chi connectivity index (χ4n) is 0.377. The molecule has 1 aromatic heterocycles. The van der Waals surface area contributed by atoms with Crippen molar-refractivity contribution in [1.82, 2.24) is 20.2 Å². The zero-order valence-electron chi connectivity index (χ0n) is 4.65. The molecular formula is C4H7N4. The van der Waals surface area contributed by atoms with E-state index in [9.17, 15) is 0 Å². The molecule has 0 N–H and O–H groups in total. The zero-order chi connectivity index (χ0) is 5.98. The predicted octanol–water partition coefficient (Wildman–Crippen LogP) is 0.0682. The van der Waals surface area contributed by atoms with E-state index in [2.05, 4.69) is 22.3 Å². The van der Waals surface area contributed by atoms with Crippen LogP contribution in [-0.4, -0.2) is 20.2 Å². The monoisotopic (exact) mass is 111 g/mol. The molecule has 0 aliphatic carbocycles. The van der Waals surface area contributed by atoms with Crippen LogP contribution in [0.25, 0.3) is 0 Å². The Morgan fingerprint density at radius 3 is 2.75 bits per heavy atom. The molecule has 0 aliphatic heterocycles. The van der Waals surface area contributed by atoms with Crippen molar-refractivity contribution in [2.45, 2.75) is 13.0 Å². The predicted molar refractivity (Wildman–Crippen MR) is 27.9 cm³/mol. The first-order chi connectivity index (χ1) is 3.80. The van der Waals surface area contributed by atoms with Crippen molar-refractivity contribution < 1.29 is 0 Å². The topological polar surface area (TPSA) is 43.6 Å². The molecule has 8 heavy (non-hydrogen) atoms. The number of hydrogen-bond donors (Lipinski definition) is 0. The Bertz CT molecular complexity index is 143. The molecular weight excluding hydrogens is 104 g/mol. The lowest BCUT2D eigenvalue weighted by Crippen LogP contribution is -2.04. The molecule has 1 atom stereocenters. The maximum atomic E-state index is 3.75. The van der Waals surface area contributed by atoms with Gasteiger partial charge in [0.05, 0.1) is 6.04 Å². The number of nitrogens with zero attached hydrogens (tertiary/aromatic N) is 4. The highest BCUT2D eigenvalue weighted by molar-refractivity contribution is 4.54. The largest absolute Gasteiger partial charge is 0.162 e. The van der Waals surface area contributed by atoms with Crippen molar-refractivity contribution in [2.24, 2.45) is 0 Å². The van der Waals surface area contributed by atoms with E-state index in [-0.39, 0.29) is 6.04 Å². The van der Waals surface area contributed by atoms with Crippen LogP contribution in [0.15, 0.2) is 6.33 Å². The Morgan fingerprint density at radius 2 is 2.50 bits per heavy atom. The molecule has 0 saturated heterocycles. The Labute approximate surface area is 47.5 Å². The summed E-state index contributed by atoms with van der Waals surface area (Å²) in [6.45, 7) is 5.57. The minimum atomic E-state index is 0.0671. The van der Waals surface area contributed by atoms with Crippen molar-refractivity contribution in [3.63, 3.8) is 0 Å². The second-order valence-corrected chi connectivity index (χ2v) is 1.61. The quantitative estimate of drug-likeness (QED) is 0.515. The third kappa shape index (κ3) is 0.828. The molecule has 0 spiro atoms. The standard InChI is InChI=1S/C4H7N4/c1-4(2)8-6-3-5-7-8/h3-4H,1H2,2H3. The SMILES string of the molecule is [CH2]C(C)n1ncnn1. The minimum absolute atomic E-state index is 0.0671. The van der Waals surface area contributed by atoms with Gasteiger partial charge in [0.1, 0.15) is 0 Å². The Morgan fingerprint density at radius 1 is 1.75 bits per heavy atom. The first-order valence-electron chi connectivity index (χ1n) is 2.36. The van der Waals surface area contributed by atoms with Gasteiger partial charge in [0, 0.05) is 0 Å². The van der Waals surface area contributed by atoms with Gasteiger partial charge in [-0.1, -0.05) is 0 Å². The average Bonchev–Trinajstić information content (AvgIpc) is 2.12. The highest BCUT2D eigenvalue weighted by atomic mass is 15.6. The summed E-state index contributed by atoms with van der Waals surface area (Å²) in [5.41, 5.74) is 0. The van der Waals surface area contributed by atoms with Crippen molar-refractivity contribution in [3.8, 4) is 0 Å². The number of tetrazole rings is 1. The maximum absolute atomic E-state index is 3.75. The summed E-state index contributed by atoms with van der Waals surface area (Å²) in [5.74, 6) is 0. The molecule has 1 rings (SSSR count). The average molecular weight is 111 g/mol. The normalized spacial score (nSPS) is 10.4. The van der Waals surface area contributed by atoms with Crippen molar-refractivity contribution in [2.75, 3.05) is 0 Å². The molecule has 4 heteroatoms. The van der Waals surface area contributed by atoms with E-state index in [4.69, 9.17) is 0 Å². The van der Waals surface area contributed by atoms with Crippen LogP contribution in [0.2, 0.25) is 0 Å². The maximum Gasteiger partial charge on any atom is 0.162 e. The first-order valence-corrected chi connectivity index (χ1v) is 2.36. The van der Waals surface area contributed by atoms with E-state index >= 15 is 0 Å². The van der Waals surface area contributed by atoms with E-state index in [0.717, 1.165) is 0 Å². The van der Waals surface area contributed by atoms with Crippen LogP contribution in [0.4, 0.5) is 0 Å². The van der Waals surface area contributed by atoms with Gasteiger partial charge in [0.15, 0.2) is 6.33 Å². The van der Waals surface area contributed by atoms with E-state index in [1.165, 1.54) is 11.1 Å². The van der Waals surface area contributed by atoms with Crippen LogP contribution in [0.1, 0.15) is 13.0 Å². The van der Waals surface area contributed by atoms with Gasteiger partial charge in [-0.25, -0.2) is 0 Å². The summed E-state index contributed by atoms with van der Waals surface area (Å²) in [4.78, 5) is 1.44. The van der Waals surface area contributed by atoms with E-state index < -0.39 is 0 Å². The van der Waals surface area contributed by atoms with Crippen LogP contribution in [0, 0.1) is 6.92 Å². The van der Waals surface area contributed by atoms with Gasteiger partial charge in [-0.05, 0) is 19.1 Å². The lowest BCUT2D eigenvalue weighted by atomic mass is 10.4. The van der Waals surface area contributed by atoms with Gasteiger partial charge in [-0.2, -0.15) is 4.80 Å². The number of aromatic nitrogens is 4. The number of rotatable bonds is 1. The molecule has 0 aromatic carbocycles. The molecule has 0 saturated carbocycles. The van der Waals surface area contributed by atoms with Crippen LogP contribution in [0.5, 0.6) is 0 Å². The molecule has 0 amide bonds. The fourth-order valence-corrected chi connectivity index (χ4v) is 0.377. The van der Waals surface area contributed by atoms with Crippen LogP contribution in [0.3, 0.4) is 0 Å². The van der Waals surface area contributed by atoms with Gasteiger partial charge in [0.25, 0.3) is 0 Å². The molecule has 0 fully saturated rings. The summed E-state index contributed by atoms with van der Waals surface area (Å²) >= 11 is 0. The summed E-state index contributed by atoms with van der Waals surface area (Å²) < 4.78 is 0. The molecule has 1 unspecified atom stereocenters. The Balaban J connectivity index is 2.77. The molecule has 1 aromatic rings. The summed E-state index contributed by atoms with van der Waals surface area (Å²) in [7, 11) is 0. The van der Waals surface area contributed by atoms with Crippen LogP contribution >= 0.6 is 0 Å². The van der Waals surface area contributed by atoms with Gasteiger partial charge in [-0.3, -0.25) is 0 Å². The first kappa shape index (κ1) is 5.21. The summed E-state index contributed by atoms with van der Waals surface area (Å²) in [6, 6.07) is 0.0671. The molecule has 0 bridgehead atoms. The van der Waals surface area contributed by atoms with Gasteiger partial charge in [0.2, 0.25) is 0 Å². The van der Waals surface area contributed by atoms with E-state index in [1.807, 2.05) is 6.92 Å². The lowest BCUT2D eigenvalue weighted by molar-refractivity contribution is 0.489.